The van der Waals surface area contributed by atoms with Gasteiger partial charge in [0.05, 0.1) is 16.3 Å². The molecule has 1 aromatic carbocycles. The number of pyridine rings is 1. The minimum Gasteiger partial charge on any atom is -0.437 e. The van der Waals surface area contributed by atoms with Crippen molar-refractivity contribution < 1.29 is 14.3 Å². The first-order chi connectivity index (χ1) is 17.8. The highest BCUT2D eigenvalue weighted by atomic mass is 35.5. The van der Waals surface area contributed by atoms with E-state index in [2.05, 4.69) is 20.7 Å². The molecule has 4 aromatic rings. The van der Waals surface area contributed by atoms with Gasteiger partial charge in [-0.05, 0) is 73.9 Å². The van der Waals surface area contributed by atoms with Crippen LogP contribution >= 0.6 is 34.5 Å². The molecular formula is C26H23Cl2N5O3S. The van der Waals surface area contributed by atoms with Gasteiger partial charge in [-0.1, -0.05) is 23.2 Å². The number of anilines is 1. The fourth-order valence-electron chi connectivity index (χ4n) is 3.96. The maximum absolute atomic E-state index is 13.6. The van der Waals surface area contributed by atoms with Gasteiger partial charge in [0.1, 0.15) is 11.4 Å². The first kappa shape index (κ1) is 25.3. The molecule has 8 nitrogen and oxygen atoms in total. The molecule has 1 aliphatic rings. The Hall–Kier alpha value is -3.40. The average molecular weight is 556 g/mol. The largest absolute Gasteiger partial charge is 0.437 e. The molecule has 5 rings (SSSR count). The van der Waals surface area contributed by atoms with Gasteiger partial charge in [-0.25, -0.2) is 9.67 Å². The zero-order valence-corrected chi connectivity index (χ0v) is 22.3. The Morgan fingerprint density at radius 2 is 2.00 bits per heavy atom. The summed E-state index contributed by atoms with van der Waals surface area (Å²) in [6.07, 6.45) is 3.74. The lowest BCUT2D eigenvalue weighted by Crippen LogP contribution is -2.34. The number of aryl methyl sites for hydroxylation is 1. The van der Waals surface area contributed by atoms with Crippen molar-refractivity contribution in [3.8, 4) is 17.4 Å². The summed E-state index contributed by atoms with van der Waals surface area (Å²) in [7, 11) is 0. The quantitative estimate of drug-likeness (QED) is 0.258. The number of ether oxygens (including phenoxy) is 1. The molecule has 0 radical (unpaired) electrons. The molecule has 1 saturated carbocycles. The summed E-state index contributed by atoms with van der Waals surface area (Å²) in [5.41, 5.74) is 1.40. The molecule has 2 amide bonds. The normalized spacial score (nSPS) is 13.7. The number of amides is 2. The molecule has 3 heterocycles. The van der Waals surface area contributed by atoms with E-state index in [-0.39, 0.29) is 34.9 Å². The second kappa shape index (κ2) is 10.5. The molecule has 0 spiro atoms. The Kier molecular flexibility index (Phi) is 7.19. The van der Waals surface area contributed by atoms with Crippen molar-refractivity contribution in [3.05, 3.63) is 80.2 Å². The number of aromatic nitrogens is 3. The van der Waals surface area contributed by atoms with Crippen molar-refractivity contribution in [2.24, 2.45) is 5.92 Å². The van der Waals surface area contributed by atoms with Crippen LogP contribution in [-0.2, 0) is 0 Å². The standard InChI is InChI=1S/C26H23Cl2N5O3S/c1-14-10-17(27)11-19(25(34)30-15(2)16-5-6-16)23(14)31-26(35)21-12-22(36-18-7-9-37-13-18)32-33(21)24-20(28)4-3-8-29-24/h3-4,7-13,15-16H,5-6H2,1-2H3,(H,30,34)(H,31,35). The number of rotatable bonds is 8. The smallest absolute Gasteiger partial charge is 0.274 e. The van der Waals surface area contributed by atoms with Gasteiger partial charge in [0.25, 0.3) is 11.8 Å². The van der Waals surface area contributed by atoms with Gasteiger partial charge in [0.15, 0.2) is 5.82 Å². The van der Waals surface area contributed by atoms with Crippen molar-refractivity contribution in [1.82, 2.24) is 20.1 Å². The second-order valence-corrected chi connectivity index (χ2v) is 10.5. The molecule has 11 heteroatoms. The molecule has 1 unspecified atom stereocenters. The van der Waals surface area contributed by atoms with Crippen LogP contribution in [0.2, 0.25) is 10.0 Å². The van der Waals surface area contributed by atoms with E-state index >= 15 is 0 Å². The predicted octanol–water partition coefficient (Wildman–Crippen LogP) is 6.52. The lowest BCUT2D eigenvalue weighted by molar-refractivity contribution is 0.0936. The number of hydrogen-bond donors (Lipinski definition) is 2. The molecule has 2 N–H and O–H groups in total. The molecule has 1 fully saturated rings. The lowest BCUT2D eigenvalue weighted by atomic mass is 10.1. The SMILES string of the molecule is Cc1cc(Cl)cc(C(=O)NC(C)C2CC2)c1NC(=O)c1cc(Oc2ccsc2)nn1-c1ncccc1Cl. The number of benzene rings is 1. The topological polar surface area (TPSA) is 98.1 Å². The minimum atomic E-state index is -0.524. The molecule has 37 heavy (non-hydrogen) atoms. The van der Waals surface area contributed by atoms with Gasteiger partial charge in [-0.15, -0.1) is 16.4 Å². The fraction of sp³-hybridized carbons (Fsp3) is 0.231. The van der Waals surface area contributed by atoms with Gasteiger partial charge in [-0.2, -0.15) is 0 Å². The van der Waals surface area contributed by atoms with E-state index in [1.165, 1.54) is 22.1 Å². The molecule has 3 aromatic heterocycles. The number of halogens is 2. The summed E-state index contributed by atoms with van der Waals surface area (Å²) in [6.45, 7) is 3.76. The second-order valence-electron chi connectivity index (χ2n) is 8.85. The van der Waals surface area contributed by atoms with Crippen LogP contribution in [0.5, 0.6) is 11.6 Å². The van der Waals surface area contributed by atoms with Crippen LogP contribution in [0.4, 0.5) is 5.69 Å². The van der Waals surface area contributed by atoms with E-state index in [4.69, 9.17) is 27.9 Å². The van der Waals surface area contributed by atoms with E-state index in [0.717, 1.165) is 12.8 Å². The third-order valence-electron chi connectivity index (χ3n) is 6.05. The number of nitrogens with one attached hydrogen (secondary N) is 2. The summed E-state index contributed by atoms with van der Waals surface area (Å²) in [6, 6.07) is 9.90. The summed E-state index contributed by atoms with van der Waals surface area (Å²) in [4.78, 5) is 31.1. The van der Waals surface area contributed by atoms with Crippen LogP contribution in [0.3, 0.4) is 0 Å². The van der Waals surface area contributed by atoms with Gasteiger partial charge >= 0.3 is 0 Å². The predicted molar refractivity (Wildman–Crippen MR) is 145 cm³/mol. The summed E-state index contributed by atoms with van der Waals surface area (Å²) in [5, 5.41) is 14.7. The highest BCUT2D eigenvalue weighted by Crippen LogP contribution is 2.33. The first-order valence-electron chi connectivity index (χ1n) is 11.6. The fourth-order valence-corrected chi connectivity index (χ4v) is 4.99. The molecule has 190 valence electrons. The van der Waals surface area contributed by atoms with Crippen molar-refractivity contribution in [2.75, 3.05) is 5.32 Å². The Morgan fingerprint density at radius 3 is 2.70 bits per heavy atom. The number of nitrogens with zero attached hydrogens (tertiary/aromatic N) is 3. The highest BCUT2D eigenvalue weighted by Gasteiger charge is 2.30. The molecule has 1 atom stereocenters. The number of hydrogen-bond acceptors (Lipinski definition) is 6. The van der Waals surface area contributed by atoms with E-state index in [1.807, 2.05) is 17.7 Å². The van der Waals surface area contributed by atoms with E-state index in [1.54, 1.807) is 43.5 Å². The summed E-state index contributed by atoms with van der Waals surface area (Å²) < 4.78 is 7.14. The Balaban J connectivity index is 1.50. The molecule has 0 bridgehead atoms. The minimum absolute atomic E-state index is 0.0277. The van der Waals surface area contributed by atoms with Crippen molar-refractivity contribution in [1.29, 1.82) is 0 Å². The van der Waals surface area contributed by atoms with E-state index in [9.17, 15) is 9.59 Å². The van der Waals surface area contributed by atoms with Crippen LogP contribution in [-0.4, -0.2) is 32.6 Å². The Morgan fingerprint density at radius 1 is 1.19 bits per heavy atom. The van der Waals surface area contributed by atoms with Crippen molar-refractivity contribution in [2.45, 2.75) is 32.7 Å². The maximum Gasteiger partial charge on any atom is 0.274 e. The third kappa shape index (κ3) is 5.64. The molecular weight excluding hydrogens is 533 g/mol. The number of carbonyl (C=O) groups is 2. The van der Waals surface area contributed by atoms with E-state index in [0.29, 0.717) is 33.0 Å². The van der Waals surface area contributed by atoms with Gasteiger partial charge in [0.2, 0.25) is 5.88 Å². The highest BCUT2D eigenvalue weighted by molar-refractivity contribution is 7.08. The van der Waals surface area contributed by atoms with Crippen LogP contribution in [0.1, 0.15) is 46.2 Å². The summed E-state index contributed by atoms with van der Waals surface area (Å²) in [5.74, 6) is 0.687. The Labute approximate surface area is 227 Å². The summed E-state index contributed by atoms with van der Waals surface area (Å²) >= 11 is 14.1. The zero-order chi connectivity index (χ0) is 26.1. The number of carbonyl (C=O) groups excluding carboxylic acids is 2. The van der Waals surface area contributed by atoms with Gasteiger partial charge in [0, 0.05) is 28.7 Å². The van der Waals surface area contributed by atoms with Crippen LogP contribution in [0, 0.1) is 12.8 Å². The van der Waals surface area contributed by atoms with E-state index < -0.39 is 5.91 Å². The third-order valence-corrected chi connectivity index (χ3v) is 7.22. The van der Waals surface area contributed by atoms with Crippen LogP contribution < -0.4 is 15.4 Å². The molecule has 1 aliphatic carbocycles. The average Bonchev–Trinajstić information content (AvgIpc) is 3.44. The van der Waals surface area contributed by atoms with Crippen molar-refractivity contribution in [3.63, 3.8) is 0 Å². The first-order valence-corrected chi connectivity index (χ1v) is 13.3. The maximum atomic E-state index is 13.6. The van der Waals surface area contributed by atoms with Gasteiger partial charge in [-0.3, -0.25) is 9.59 Å². The van der Waals surface area contributed by atoms with Gasteiger partial charge < -0.3 is 15.4 Å². The van der Waals surface area contributed by atoms with Crippen LogP contribution in [0.25, 0.3) is 5.82 Å². The monoisotopic (exact) mass is 555 g/mol. The lowest BCUT2D eigenvalue weighted by Gasteiger charge is -2.18. The molecule has 0 saturated heterocycles. The van der Waals surface area contributed by atoms with Crippen molar-refractivity contribution >= 4 is 52.0 Å². The zero-order valence-electron chi connectivity index (χ0n) is 20.0. The Bertz CT molecular complexity index is 1470. The van der Waals surface area contributed by atoms with Crippen LogP contribution in [0.15, 0.2) is 53.4 Å². The molecule has 0 aliphatic heterocycles. The number of thiophene rings is 1.